The Morgan fingerprint density at radius 1 is 0.549 bits per heavy atom. The molecule has 0 unspecified atom stereocenters. The molecule has 0 bridgehead atoms. The Labute approximate surface area is 280 Å². The summed E-state index contributed by atoms with van der Waals surface area (Å²) in [5.41, 5.74) is -29.3. The molecule has 0 spiro atoms. The maximum absolute atomic E-state index is 14.9. The number of unbranched alkanes of at least 4 members (excludes halogenated alkanes) is 8. The summed E-state index contributed by atoms with van der Waals surface area (Å²) in [6.45, 7) is 1.72. The van der Waals surface area contributed by atoms with Gasteiger partial charge in [0.25, 0.3) is 0 Å². The van der Waals surface area contributed by atoms with E-state index in [1.807, 2.05) is 6.92 Å². The molecule has 1 aromatic rings. The van der Waals surface area contributed by atoms with E-state index in [9.17, 15) is 79.4 Å². The van der Waals surface area contributed by atoms with Gasteiger partial charge < -0.3 is 4.74 Å². The highest BCUT2D eigenvalue weighted by Gasteiger charge is 2.87. The minimum absolute atomic E-state index is 0.114. The number of carbonyl (C=O) groups is 1. The Balaban J connectivity index is 3.30. The minimum atomic E-state index is -8.21. The van der Waals surface area contributed by atoms with Crippen LogP contribution in [-0.2, 0) is 4.74 Å². The molecule has 288 valence electrons. The van der Waals surface area contributed by atoms with Gasteiger partial charge in [-0.2, -0.15) is 65.9 Å². The van der Waals surface area contributed by atoms with Gasteiger partial charge in [-0.3, -0.25) is 0 Å². The van der Waals surface area contributed by atoms with Crippen molar-refractivity contribution in [3.8, 4) is 23.7 Å². The van der Waals surface area contributed by atoms with Crippen molar-refractivity contribution in [1.82, 2.24) is 0 Å². The highest BCUT2D eigenvalue weighted by Crippen LogP contribution is 2.64. The van der Waals surface area contributed by atoms with Gasteiger partial charge >= 0.3 is 48.2 Å². The normalized spacial score (nSPS) is 13.1. The van der Waals surface area contributed by atoms with Crippen LogP contribution in [0, 0.1) is 23.7 Å². The van der Waals surface area contributed by atoms with Crippen molar-refractivity contribution in [3.63, 3.8) is 0 Å². The molecule has 0 N–H and O–H groups in total. The molecule has 0 saturated carbocycles. The number of allylic oxidation sites excluding steroid dienone is 2. The number of carbonyl (C=O) groups excluding carboxylic acids is 1. The second-order valence-electron chi connectivity index (χ2n) is 10.8. The molecule has 51 heavy (non-hydrogen) atoms. The Morgan fingerprint density at radius 2 is 0.922 bits per heavy atom. The molecule has 0 aromatic heterocycles. The monoisotopic (exact) mass is 768 g/mol. The van der Waals surface area contributed by atoms with Gasteiger partial charge in [0.1, 0.15) is 0 Å². The summed E-state index contributed by atoms with van der Waals surface area (Å²) in [7, 11) is 0. The van der Waals surface area contributed by atoms with Crippen LogP contribution in [0.15, 0.2) is 29.8 Å². The fourth-order valence-corrected chi connectivity index (χ4v) is 4.44. The molecule has 19 heteroatoms. The third-order valence-corrected chi connectivity index (χ3v) is 7.02. The largest absolute Gasteiger partial charge is 0.462 e. The second kappa shape index (κ2) is 17.7. The highest BCUT2D eigenvalue weighted by atomic mass is 19.4. The van der Waals surface area contributed by atoms with Gasteiger partial charge in [-0.25, -0.2) is 13.6 Å². The van der Waals surface area contributed by atoms with Gasteiger partial charge in [0.15, 0.2) is 0 Å². The zero-order valence-electron chi connectivity index (χ0n) is 26.3. The first kappa shape index (κ1) is 45.4. The average Bonchev–Trinajstić information content (AvgIpc) is 2.98. The SMILES string of the molecule is CCCCC#CC#CCCCCCCCCOC(=O)c1ccc(C(=C(C(F)(C(F)(F)F)C(F)(F)F)C(F)(C(F)(F)F)C(F)(F)F)C(F)(F)F)cc1. The van der Waals surface area contributed by atoms with Gasteiger partial charge in [0.05, 0.1) is 23.3 Å². The van der Waals surface area contributed by atoms with Gasteiger partial charge in [-0.05, 0) is 48.8 Å². The van der Waals surface area contributed by atoms with Crippen LogP contribution in [0.3, 0.4) is 0 Å². The second-order valence-corrected chi connectivity index (χ2v) is 10.8. The number of esters is 1. The maximum Gasteiger partial charge on any atom is 0.435 e. The van der Waals surface area contributed by atoms with Crippen LogP contribution >= 0.6 is 0 Å². The van der Waals surface area contributed by atoms with Crippen molar-refractivity contribution in [1.29, 1.82) is 0 Å². The summed E-state index contributed by atoms with van der Waals surface area (Å²) in [6, 6.07) is -0.460. The lowest BCUT2D eigenvalue weighted by molar-refractivity contribution is -0.363. The van der Waals surface area contributed by atoms with Crippen LogP contribution in [0.2, 0.25) is 0 Å². The number of halogens is 17. The van der Waals surface area contributed by atoms with Crippen LogP contribution in [0.25, 0.3) is 5.57 Å². The predicted molar refractivity (Wildman–Crippen MR) is 149 cm³/mol. The van der Waals surface area contributed by atoms with Crippen molar-refractivity contribution in [2.24, 2.45) is 0 Å². The van der Waals surface area contributed by atoms with E-state index in [0.29, 0.717) is 19.3 Å². The topological polar surface area (TPSA) is 26.3 Å². The summed E-state index contributed by atoms with van der Waals surface area (Å²) in [6.07, 6.45) is -32.2. The zero-order valence-corrected chi connectivity index (χ0v) is 26.3. The number of hydrogen-bond donors (Lipinski definition) is 0. The molecule has 0 aliphatic heterocycles. The summed E-state index contributed by atoms with van der Waals surface area (Å²) < 4.78 is 238. The maximum atomic E-state index is 14.9. The Kier molecular flexibility index (Phi) is 15.8. The molecule has 0 saturated heterocycles. The van der Waals surface area contributed by atoms with E-state index in [0.717, 1.165) is 38.5 Å². The molecule has 0 amide bonds. The lowest BCUT2D eigenvalue weighted by Crippen LogP contribution is -2.66. The summed E-state index contributed by atoms with van der Waals surface area (Å²) >= 11 is 0. The van der Waals surface area contributed by atoms with Crippen LogP contribution in [-0.4, -0.2) is 54.8 Å². The van der Waals surface area contributed by atoms with Crippen LogP contribution in [0.1, 0.15) is 87.1 Å². The molecular weight excluding hydrogens is 739 g/mol. The third kappa shape index (κ3) is 11.4. The molecule has 2 nitrogen and oxygen atoms in total. The number of benzene rings is 1. The number of alkyl halides is 17. The van der Waals surface area contributed by atoms with Crippen molar-refractivity contribution in [2.45, 2.75) is 113 Å². The quantitative estimate of drug-likeness (QED) is 0.0815. The van der Waals surface area contributed by atoms with E-state index in [-0.39, 0.29) is 37.3 Å². The van der Waals surface area contributed by atoms with E-state index < -0.39 is 70.5 Å². The Morgan fingerprint density at radius 3 is 1.31 bits per heavy atom. The minimum Gasteiger partial charge on any atom is -0.462 e. The first-order chi connectivity index (χ1) is 23.2. The van der Waals surface area contributed by atoms with Crippen LogP contribution < -0.4 is 0 Å². The van der Waals surface area contributed by atoms with Crippen molar-refractivity contribution >= 4 is 11.5 Å². The number of rotatable bonds is 14. The van der Waals surface area contributed by atoms with E-state index >= 15 is 0 Å². The third-order valence-electron chi connectivity index (χ3n) is 7.02. The van der Waals surface area contributed by atoms with E-state index in [4.69, 9.17) is 4.74 Å². The molecule has 0 radical (unpaired) electrons. The van der Waals surface area contributed by atoms with E-state index in [1.54, 1.807) is 0 Å². The van der Waals surface area contributed by atoms with Crippen molar-refractivity contribution in [2.75, 3.05) is 6.61 Å². The van der Waals surface area contributed by atoms with Crippen LogP contribution in [0.4, 0.5) is 74.6 Å². The smallest absolute Gasteiger partial charge is 0.435 e. The lowest BCUT2D eigenvalue weighted by atomic mass is 9.76. The standard InChI is InChI=1S/C32H29F17O2/c1-2-3-4-5-6-7-8-9-10-11-12-13-14-15-20-51-25(50)22-18-16-21(17-19-22)23(28(35,36)37)24(26(33,29(38,39)40)30(41,42)43)27(34,31(44,45)46)32(47,48)49/h16-19H,2-4,9-15,20H2,1H3. The van der Waals surface area contributed by atoms with Gasteiger partial charge in [-0.1, -0.05) is 63.0 Å². The van der Waals surface area contributed by atoms with Gasteiger partial charge in [0, 0.05) is 12.8 Å². The van der Waals surface area contributed by atoms with Crippen molar-refractivity contribution < 1.29 is 84.2 Å². The molecule has 0 aliphatic rings. The Hall–Kier alpha value is -3.64. The highest BCUT2D eigenvalue weighted by molar-refractivity contribution is 5.90. The molecule has 0 heterocycles. The summed E-state index contributed by atoms with van der Waals surface area (Å²) in [5, 5.41) is 0. The first-order valence-corrected chi connectivity index (χ1v) is 14.9. The molecule has 0 atom stereocenters. The first-order valence-electron chi connectivity index (χ1n) is 14.9. The van der Waals surface area contributed by atoms with Gasteiger partial charge in [-0.15, -0.1) is 0 Å². The van der Waals surface area contributed by atoms with Gasteiger partial charge in [0.2, 0.25) is 0 Å². The summed E-state index contributed by atoms with van der Waals surface area (Å²) in [4.78, 5) is 12.2. The fraction of sp³-hybridized carbons (Fsp3) is 0.594. The molecule has 0 fully saturated rings. The molecule has 1 aromatic carbocycles. The molecule has 0 aliphatic carbocycles. The van der Waals surface area contributed by atoms with E-state index in [1.165, 1.54) is 0 Å². The fourth-order valence-electron chi connectivity index (χ4n) is 4.44. The van der Waals surface area contributed by atoms with Crippen LogP contribution in [0.5, 0.6) is 0 Å². The van der Waals surface area contributed by atoms with Crippen molar-refractivity contribution in [3.05, 3.63) is 41.0 Å². The molecule has 1 rings (SSSR count). The summed E-state index contributed by atoms with van der Waals surface area (Å²) in [5.74, 6) is 9.91. The lowest BCUT2D eigenvalue weighted by Gasteiger charge is -2.41. The zero-order chi connectivity index (χ0) is 39.5. The van der Waals surface area contributed by atoms with E-state index in [2.05, 4.69) is 23.7 Å². The predicted octanol–water partition coefficient (Wildman–Crippen LogP) is 11.8. The Bertz CT molecular complexity index is 1370. The number of ether oxygens (including phenoxy) is 1. The number of hydrogen-bond acceptors (Lipinski definition) is 2. The average molecular weight is 769 g/mol. The molecular formula is C32H29F17O2.